The fourth-order valence-corrected chi connectivity index (χ4v) is 3.75. The molecule has 0 spiro atoms. The zero-order valence-corrected chi connectivity index (χ0v) is 13.4. The molecule has 6 heteroatoms. The molecule has 0 fully saturated rings. The smallest absolute Gasteiger partial charge is 0.246 e. The van der Waals surface area contributed by atoms with E-state index in [2.05, 4.69) is 10.6 Å². The predicted molar refractivity (Wildman–Crippen MR) is 87.5 cm³/mol. The van der Waals surface area contributed by atoms with Gasteiger partial charge in [0.1, 0.15) is 6.04 Å². The van der Waals surface area contributed by atoms with Gasteiger partial charge in [-0.25, -0.2) is 0 Å². The minimum atomic E-state index is -0.345. The minimum Gasteiger partial charge on any atom is -0.324 e. The second-order valence-electron chi connectivity index (χ2n) is 4.64. The normalized spacial score (nSPS) is 16.7. The Morgan fingerprint density at radius 2 is 2.05 bits per heavy atom. The lowest BCUT2D eigenvalue weighted by Crippen LogP contribution is -2.23. The van der Waals surface area contributed by atoms with Crippen LogP contribution in [0.1, 0.15) is 11.6 Å². The quantitative estimate of drug-likeness (QED) is 0.873. The molecule has 1 atom stereocenters. The van der Waals surface area contributed by atoms with Gasteiger partial charge in [0.05, 0.1) is 5.02 Å². The molecule has 0 aromatic heterocycles. The van der Waals surface area contributed by atoms with Gasteiger partial charge in [0, 0.05) is 26.1 Å². The topological polar surface area (TPSA) is 41.1 Å². The van der Waals surface area contributed by atoms with E-state index in [1.807, 2.05) is 36.4 Å². The molecule has 1 unspecified atom stereocenters. The highest BCUT2D eigenvalue weighted by Gasteiger charge is 2.30. The van der Waals surface area contributed by atoms with Crippen molar-refractivity contribution in [3.8, 4) is 0 Å². The van der Waals surface area contributed by atoms with Crippen molar-refractivity contribution in [3.05, 3.63) is 52.0 Å². The number of halogens is 2. The fourth-order valence-electron chi connectivity index (χ4n) is 2.28. The summed E-state index contributed by atoms with van der Waals surface area (Å²) in [7, 11) is 1.75. The van der Waals surface area contributed by atoms with E-state index in [9.17, 15) is 4.79 Å². The first-order valence-electron chi connectivity index (χ1n) is 6.33. The van der Waals surface area contributed by atoms with Gasteiger partial charge in [0.2, 0.25) is 5.91 Å². The molecule has 1 aliphatic rings. The zero-order chi connectivity index (χ0) is 15.0. The van der Waals surface area contributed by atoms with E-state index in [0.29, 0.717) is 10.0 Å². The first kappa shape index (κ1) is 14.7. The van der Waals surface area contributed by atoms with Crippen LogP contribution in [-0.4, -0.2) is 13.0 Å². The number of likely N-dealkylation sites (N-methyl/N-ethyl adjacent to an activating group) is 1. The van der Waals surface area contributed by atoms with Crippen molar-refractivity contribution in [2.75, 3.05) is 12.4 Å². The van der Waals surface area contributed by atoms with E-state index in [0.717, 1.165) is 21.0 Å². The molecule has 1 amide bonds. The monoisotopic (exact) mass is 338 g/mol. The third-order valence-corrected chi connectivity index (χ3v) is 4.95. The van der Waals surface area contributed by atoms with Crippen LogP contribution in [0.2, 0.25) is 10.0 Å². The average molecular weight is 339 g/mol. The van der Waals surface area contributed by atoms with Gasteiger partial charge < -0.3 is 10.6 Å². The third-order valence-electron chi connectivity index (χ3n) is 3.25. The second kappa shape index (κ2) is 5.89. The van der Waals surface area contributed by atoms with E-state index >= 15 is 0 Å². The number of benzene rings is 2. The first-order valence-corrected chi connectivity index (χ1v) is 7.90. The molecule has 108 valence electrons. The summed E-state index contributed by atoms with van der Waals surface area (Å²) in [5, 5.41) is 7.14. The summed E-state index contributed by atoms with van der Waals surface area (Å²) in [6.07, 6.45) is 0. The SMILES string of the molecule is CNC1C(=O)Nc2cc(Sc3cccc(Cl)c3)c(Cl)cc21. The summed E-state index contributed by atoms with van der Waals surface area (Å²) >= 11 is 13.9. The maximum Gasteiger partial charge on any atom is 0.246 e. The van der Waals surface area contributed by atoms with Gasteiger partial charge in [0.15, 0.2) is 0 Å². The summed E-state index contributed by atoms with van der Waals surface area (Å²) in [6, 6.07) is 11.0. The molecule has 2 aromatic carbocycles. The molecule has 21 heavy (non-hydrogen) atoms. The molecule has 1 aliphatic heterocycles. The molecule has 2 aromatic rings. The largest absolute Gasteiger partial charge is 0.324 e. The van der Waals surface area contributed by atoms with Crippen LogP contribution in [0.4, 0.5) is 5.69 Å². The maximum atomic E-state index is 11.8. The Bertz CT molecular complexity index is 721. The Balaban J connectivity index is 1.95. The van der Waals surface area contributed by atoms with Crippen LogP contribution >= 0.6 is 35.0 Å². The van der Waals surface area contributed by atoms with E-state index < -0.39 is 0 Å². The Morgan fingerprint density at radius 3 is 2.76 bits per heavy atom. The number of carbonyl (C=O) groups excluding carboxylic acids is 1. The predicted octanol–water partition coefficient (Wildman–Crippen LogP) is 4.36. The number of anilines is 1. The lowest BCUT2D eigenvalue weighted by molar-refractivity contribution is -0.117. The summed E-state index contributed by atoms with van der Waals surface area (Å²) in [6.45, 7) is 0. The van der Waals surface area contributed by atoms with Gasteiger partial charge >= 0.3 is 0 Å². The van der Waals surface area contributed by atoms with Crippen LogP contribution in [0.25, 0.3) is 0 Å². The van der Waals surface area contributed by atoms with Gasteiger partial charge in [0.25, 0.3) is 0 Å². The number of fused-ring (bicyclic) bond motifs is 1. The maximum absolute atomic E-state index is 11.8. The van der Waals surface area contributed by atoms with Gasteiger partial charge in [-0.05, 0) is 37.4 Å². The molecule has 2 N–H and O–H groups in total. The highest BCUT2D eigenvalue weighted by molar-refractivity contribution is 7.99. The molecule has 1 heterocycles. The summed E-state index contributed by atoms with van der Waals surface area (Å²) in [5.41, 5.74) is 1.68. The van der Waals surface area contributed by atoms with E-state index in [4.69, 9.17) is 23.2 Å². The van der Waals surface area contributed by atoms with Crippen molar-refractivity contribution in [3.63, 3.8) is 0 Å². The van der Waals surface area contributed by atoms with Crippen LogP contribution < -0.4 is 10.6 Å². The fraction of sp³-hybridized carbons (Fsp3) is 0.133. The molecule has 0 aliphatic carbocycles. The Kier molecular flexibility index (Phi) is 4.13. The third kappa shape index (κ3) is 2.90. The van der Waals surface area contributed by atoms with Crippen LogP contribution in [0.5, 0.6) is 0 Å². The van der Waals surface area contributed by atoms with Crippen LogP contribution in [-0.2, 0) is 4.79 Å². The Hall–Kier alpha value is -1.20. The standard InChI is InChI=1S/C15H12Cl2N2OS/c1-18-14-10-6-11(17)13(7-12(10)19-15(14)20)21-9-4-2-3-8(16)5-9/h2-7,14,18H,1H3,(H,19,20). The second-order valence-corrected chi connectivity index (χ2v) is 6.60. The minimum absolute atomic E-state index is 0.0616. The number of rotatable bonds is 3. The average Bonchev–Trinajstić information content (AvgIpc) is 2.74. The number of nitrogens with one attached hydrogen (secondary N) is 2. The summed E-state index contributed by atoms with van der Waals surface area (Å²) in [4.78, 5) is 13.7. The van der Waals surface area contributed by atoms with Crippen molar-refractivity contribution in [1.82, 2.24) is 5.32 Å². The van der Waals surface area contributed by atoms with Gasteiger partial charge in [-0.15, -0.1) is 0 Å². The van der Waals surface area contributed by atoms with Gasteiger partial charge in [-0.3, -0.25) is 4.79 Å². The van der Waals surface area contributed by atoms with Crippen molar-refractivity contribution in [1.29, 1.82) is 0 Å². The van der Waals surface area contributed by atoms with E-state index in [-0.39, 0.29) is 11.9 Å². The van der Waals surface area contributed by atoms with E-state index in [1.54, 1.807) is 7.05 Å². The Labute approximate surface area is 137 Å². The number of hydrogen-bond donors (Lipinski definition) is 2. The van der Waals surface area contributed by atoms with Crippen molar-refractivity contribution < 1.29 is 4.79 Å². The number of amides is 1. The molecule has 0 bridgehead atoms. The van der Waals surface area contributed by atoms with Crippen LogP contribution in [0.3, 0.4) is 0 Å². The van der Waals surface area contributed by atoms with Crippen LogP contribution in [0.15, 0.2) is 46.2 Å². The number of hydrogen-bond acceptors (Lipinski definition) is 3. The lowest BCUT2D eigenvalue weighted by Gasteiger charge is -2.10. The molecule has 0 saturated heterocycles. The van der Waals surface area contributed by atoms with Crippen molar-refractivity contribution in [2.24, 2.45) is 0 Å². The van der Waals surface area contributed by atoms with Crippen molar-refractivity contribution >= 4 is 46.6 Å². The molecular weight excluding hydrogens is 327 g/mol. The van der Waals surface area contributed by atoms with Gasteiger partial charge in [-0.2, -0.15) is 0 Å². The summed E-state index contributed by atoms with van der Waals surface area (Å²) < 4.78 is 0. The zero-order valence-electron chi connectivity index (χ0n) is 11.1. The molecule has 3 rings (SSSR count). The molecule has 0 saturated carbocycles. The lowest BCUT2D eigenvalue weighted by atomic mass is 10.1. The Morgan fingerprint density at radius 1 is 1.24 bits per heavy atom. The molecule has 3 nitrogen and oxygen atoms in total. The molecule has 0 radical (unpaired) electrons. The highest BCUT2D eigenvalue weighted by Crippen LogP contribution is 2.41. The van der Waals surface area contributed by atoms with Gasteiger partial charge in [-0.1, -0.05) is 41.0 Å². The highest BCUT2D eigenvalue weighted by atomic mass is 35.5. The first-order chi connectivity index (χ1) is 10.1. The van der Waals surface area contributed by atoms with E-state index in [1.165, 1.54) is 11.8 Å². The summed E-state index contributed by atoms with van der Waals surface area (Å²) in [5.74, 6) is -0.0616. The molecular formula is C15H12Cl2N2OS. The number of carbonyl (C=O) groups is 1. The van der Waals surface area contributed by atoms with Crippen LogP contribution in [0, 0.1) is 0 Å². The van der Waals surface area contributed by atoms with Crippen molar-refractivity contribution in [2.45, 2.75) is 15.8 Å².